The van der Waals surface area contributed by atoms with Crippen LogP contribution in [0.2, 0.25) is 4.34 Å². The molecule has 1 atom stereocenters. The molecule has 0 spiro atoms. The number of thiophene rings is 1. The summed E-state index contributed by atoms with van der Waals surface area (Å²) in [6.07, 6.45) is 0. The zero-order valence-corrected chi connectivity index (χ0v) is 13.0. The van der Waals surface area contributed by atoms with Crippen molar-refractivity contribution in [2.75, 3.05) is 0 Å². The van der Waals surface area contributed by atoms with Gasteiger partial charge in [0.25, 0.3) is 0 Å². The van der Waals surface area contributed by atoms with Crippen LogP contribution in [0.1, 0.15) is 29.2 Å². The second kappa shape index (κ2) is 5.60. The summed E-state index contributed by atoms with van der Waals surface area (Å²) in [6, 6.07) is 12.5. The Kier molecular flexibility index (Phi) is 3.83. The van der Waals surface area contributed by atoms with Gasteiger partial charge < -0.3 is 9.73 Å². The Morgan fingerprint density at radius 1 is 1.25 bits per heavy atom. The third-order valence-electron chi connectivity index (χ3n) is 3.51. The molecular weight excluding hydrogens is 290 g/mol. The van der Waals surface area contributed by atoms with Gasteiger partial charge in [-0.05, 0) is 32.0 Å². The van der Waals surface area contributed by atoms with Gasteiger partial charge in [0.1, 0.15) is 11.3 Å². The maximum absolute atomic E-state index is 5.98. The first-order valence-corrected chi connectivity index (χ1v) is 7.80. The second-order valence-corrected chi connectivity index (χ2v) is 6.62. The number of benzene rings is 1. The summed E-state index contributed by atoms with van der Waals surface area (Å²) in [5.74, 6) is 0.982. The van der Waals surface area contributed by atoms with Crippen LogP contribution in [0, 0.1) is 6.92 Å². The molecule has 20 heavy (non-hydrogen) atoms. The molecule has 0 radical (unpaired) electrons. The second-order valence-electron chi connectivity index (χ2n) is 4.88. The topological polar surface area (TPSA) is 25.2 Å². The fourth-order valence-corrected chi connectivity index (χ4v) is 3.45. The molecule has 1 aromatic carbocycles. The smallest absolute Gasteiger partial charge is 0.134 e. The van der Waals surface area contributed by atoms with Crippen molar-refractivity contribution in [2.24, 2.45) is 0 Å². The van der Waals surface area contributed by atoms with Crippen molar-refractivity contribution in [3.63, 3.8) is 0 Å². The van der Waals surface area contributed by atoms with Crippen LogP contribution >= 0.6 is 22.9 Å². The van der Waals surface area contributed by atoms with Gasteiger partial charge in [-0.3, -0.25) is 0 Å². The summed E-state index contributed by atoms with van der Waals surface area (Å²) in [4.78, 5) is 1.25. The van der Waals surface area contributed by atoms with E-state index in [-0.39, 0.29) is 6.04 Å². The molecule has 104 valence electrons. The molecule has 0 aliphatic heterocycles. The molecule has 0 fully saturated rings. The Hall–Kier alpha value is -1.29. The average Bonchev–Trinajstić information content (AvgIpc) is 2.99. The minimum absolute atomic E-state index is 0.278. The number of para-hydroxylation sites is 1. The number of rotatable bonds is 4. The summed E-state index contributed by atoms with van der Waals surface area (Å²) in [5.41, 5.74) is 2.18. The number of hydrogen-bond donors (Lipinski definition) is 1. The summed E-state index contributed by atoms with van der Waals surface area (Å²) in [7, 11) is 0. The zero-order chi connectivity index (χ0) is 14.1. The highest BCUT2D eigenvalue weighted by Crippen LogP contribution is 2.28. The summed E-state index contributed by atoms with van der Waals surface area (Å²) < 4.78 is 6.61. The number of halogens is 1. The summed E-state index contributed by atoms with van der Waals surface area (Å²) in [5, 5.41) is 4.73. The number of furan rings is 1. The first-order chi connectivity index (χ1) is 9.65. The van der Waals surface area contributed by atoms with Crippen LogP contribution in [-0.4, -0.2) is 0 Å². The van der Waals surface area contributed by atoms with E-state index in [9.17, 15) is 0 Å². The van der Waals surface area contributed by atoms with Gasteiger partial charge in [0.15, 0.2) is 0 Å². The highest BCUT2D eigenvalue weighted by Gasteiger charge is 2.13. The quantitative estimate of drug-likeness (QED) is 0.707. The van der Waals surface area contributed by atoms with Gasteiger partial charge in [-0.2, -0.15) is 0 Å². The Morgan fingerprint density at radius 2 is 2.05 bits per heavy atom. The van der Waals surface area contributed by atoms with Crippen LogP contribution in [0.3, 0.4) is 0 Å². The zero-order valence-electron chi connectivity index (χ0n) is 11.4. The van der Waals surface area contributed by atoms with E-state index in [0.717, 1.165) is 22.2 Å². The van der Waals surface area contributed by atoms with E-state index in [1.165, 1.54) is 15.8 Å². The molecule has 3 rings (SSSR count). The van der Waals surface area contributed by atoms with Gasteiger partial charge in [-0.25, -0.2) is 0 Å². The minimum Gasteiger partial charge on any atom is -0.461 e. The third kappa shape index (κ3) is 2.62. The van der Waals surface area contributed by atoms with Gasteiger partial charge in [0.05, 0.1) is 4.34 Å². The molecule has 0 amide bonds. The first-order valence-electron chi connectivity index (χ1n) is 6.61. The van der Waals surface area contributed by atoms with Crippen LogP contribution in [-0.2, 0) is 6.54 Å². The molecule has 0 saturated carbocycles. The number of hydrogen-bond acceptors (Lipinski definition) is 3. The van der Waals surface area contributed by atoms with E-state index in [4.69, 9.17) is 16.0 Å². The maximum Gasteiger partial charge on any atom is 0.134 e. The molecule has 0 saturated heterocycles. The number of aryl methyl sites for hydroxylation is 1. The lowest BCUT2D eigenvalue weighted by Gasteiger charge is -2.11. The van der Waals surface area contributed by atoms with Gasteiger partial charge in [0, 0.05) is 28.4 Å². The third-order valence-corrected chi connectivity index (χ3v) is 4.92. The molecule has 2 aromatic heterocycles. The van der Waals surface area contributed by atoms with Crippen LogP contribution in [0.4, 0.5) is 0 Å². The predicted octanol–water partition coefficient (Wildman–Crippen LogP) is 5.31. The molecule has 3 aromatic rings. The molecule has 2 heterocycles. The van der Waals surface area contributed by atoms with E-state index >= 15 is 0 Å². The number of nitrogens with one attached hydrogen (secondary N) is 1. The molecular formula is C16H16ClNOS. The predicted molar refractivity (Wildman–Crippen MR) is 85.5 cm³/mol. The van der Waals surface area contributed by atoms with Crippen molar-refractivity contribution >= 4 is 33.9 Å². The minimum atomic E-state index is 0.278. The van der Waals surface area contributed by atoms with Crippen LogP contribution in [0.25, 0.3) is 11.0 Å². The first kappa shape index (κ1) is 13.7. The standard InChI is InChI=1S/C16H16ClNOS/c1-10(15-7-8-16(17)20-15)18-9-13-11(2)19-14-6-4-3-5-12(13)14/h3-8,10,18H,9H2,1-2H3. The Balaban J connectivity index is 1.78. The highest BCUT2D eigenvalue weighted by molar-refractivity contribution is 7.16. The van der Waals surface area contributed by atoms with Crippen molar-refractivity contribution in [1.29, 1.82) is 0 Å². The van der Waals surface area contributed by atoms with Crippen LogP contribution < -0.4 is 5.32 Å². The van der Waals surface area contributed by atoms with E-state index in [0.29, 0.717) is 0 Å². The largest absolute Gasteiger partial charge is 0.461 e. The summed E-state index contributed by atoms with van der Waals surface area (Å²) in [6.45, 7) is 4.96. The Morgan fingerprint density at radius 3 is 2.80 bits per heavy atom. The normalized spacial score (nSPS) is 12.9. The van der Waals surface area contributed by atoms with E-state index in [1.54, 1.807) is 11.3 Å². The molecule has 4 heteroatoms. The maximum atomic E-state index is 5.98. The van der Waals surface area contributed by atoms with Crippen LogP contribution in [0.15, 0.2) is 40.8 Å². The lowest BCUT2D eigenvalue weighted by molar-refractivity contribution is 0.547. The monoisotopic (exact) mass is 305 g/mol. The average molecular weight is 306 g/mol. The van der Waals surface area contributed by atoms with E-state index in [2.05, 4.69) is 24.4 Å². The fraction of sp³-hybridized carbons (Fsp3) is 0.250. The van der Waals surface area contributed by atoms with Gasteiger partial charge in [-0.15, -0.1) is 11.3 Å². The molecule has 1 N–H and O–H groups in total. The van der Waals surface area contributed by atoms with E-state index in [1.807, 2.05) is 31.2 Å². The fourth-order valence-electron chi connectivity index (χ4n) is 2.36. The summed E-state index contributed by atoms with van der Waals surface area (Å²) >= 11 is 7.60. The van der Waals surface area contributed by atoms with Crippen molar-refractivity contribution in [2.45, 2.75) is 26.4 Å². The van der Waals surface area contributed by atoms with Crippen molar-refractivity contribution in [3.8, 4) is 0 Å². The number of fused-ring (bicyclic) bond motifs is 1. The molecule has 1 unspecified atom stereocenters. The lowest BCUT2D eigenvalue weighted by Crippen LogP contribution is -2.17. The SMILES string of the molecule is Cc1oc2ccccc2c1CNC(C)c1ccc(Cl)s1. The Bertz CT molecular complexity index is 731. The lowest BCUT2D eigenvalue weighted by atomic mass is 10.1. The van der Waals surface area contributed by atoms with Crippen molar-refractivity contribution in [1.82, 2.24) is 5.32 Å². The van der Waals surface area contributed by atoms with E-state index < -0.39 is 0 Å². The molecule has 2 nitrogen and oxygen atoms in total. The van der Waals surface area contributed by atoms with Crippen LogP contribution in [0.5, 0.6) is 0 Å². The Labute approximate surface area is 127 Å². The molecule has 0 aliphatic carbocycles. The van der Waals surface area contributed by atoms with Gasteiger partial charge in [0.2, 0.25) is 0 Å². The van der Waals surface area contributed by atoms with Crippen molar-refractivity contribution < 1.29 is 4.42 Å². The molecule has 0 bridgehead atoms. The molecule has 0 aliphatic rings. The van der Waals surface area contributed by atoms with Gasteiger partial charge >= 0.3 is 0 Å². The van der Waals surface area contributed by atoms with Crippen molar-refractivity contribution in [3.05, 3.63) is 56.9 Å². The highest BCUT2D eigenvalue weighted by atomic mass is 35.5. The van der Waals surface area contributed by atoms with Gasteiger partial charge in [-0.1, -0.05) is 29.8 Å².